The summed E-state index contributed by atoms with van der Waals surface area (Å²) in [6, 6.07) is 7.20. The maximum absolute atomic E-state index is 12.0. The molecule has 0 spiro atoms. The molecule has 1 aromatic rings. The van der Waals surface area contributed by atoms with Crippen molar-refractivity contribution in [1.82, 2.24) is 4.90 Å². The van der Waals surface area contributed by atoms with E-state index in [-0.39, 0.29) is 12.5 Å². The van der Waals surface area contributed by atoms with Gasteiger partial charge in [0.2, 0.25) is 0 Å². The number of thiol groups is 1. The number of carbonyl (C=O) groups is 1. The van der Waals surface area contributed by atoms with Crippen LogP contribution >= 0.6 is 12.6 Å². The van der Waals surface area contributed by atoms with Gasteiger partial charge in [0.15, 0.2) is 0 Å². The van der Waals surface area contributed by atoms with Gasteiger partial charge in [-0.3, -0.25) is 4.79 Å². The Bertz CT molecular complexity index is 351. The number of unbranched alkanes of at least 4 members (excludes halogenated alkanes) is 2. The third kappa shape index (κ3) is 4.79. The van der Waals surface area contributed by atoms with E-state index in [2.05, 4.69) is 12.6 Å². The minimum absolute atomic E-state index is 0.0299. The highest BCUT2D eigenvalue weighted by molar-refractivity contribution is 7.80. The van der Waals surface area contributed by atoms with Crippen molar-refractivity contribution < 1.29 is 9.90 Å². The first-order valence-corrected chi connectivity index (χ1v) is 6.25. The second-order valence-corrected chi connectivity index (χ2v) is 4.57. The molecule has 0 bridgehead atoms. The highest BCUT2D eigenvalue weighted by atomic mass is 32.1. The largest absolute Gasteiger partial charge is 0.396 e. The molecule has 0 heterocycles. The van der Waals surface area contributed by atoms with Crippen molar-refractivity contribution in [2.45, 2.75) is 24.2 Å². The molecule has 1 amide bonds. The Morgan fingerprint density at radius 1 is 1.24 bits per heavy atom. The molecule has 0 aliphatic carbocycles. The van der Waals surface area contributed by atoms with Gasteiger partial charge in [0.05, 0.1) is 0 Å². The average Bonchev–Trinajstić information content (AvgIpc) is 2.34. The molecule has 4 heteroatoms. The first kappa shape index (κ1) is 14.1. The van der Waals surface area contributed by atoms with Gasteiger partial charge in [0.1, 0.15) is 0 Å². The minimum atomic E-state index is 0.0299. The normalized spacial score (nSPS) is 10.3. The van der Waals surface area contributed by atoms with Crippen molar-refractivity contribution >= 4 is 18.5 Å². The molecule has 94 valence electrons. The summed E-state index contributed by atoms with van der Waals surface area (Å²) < 4.78 is 0. The summed E-state index contributed by atoms with van der Waals surface area (Å²) in [6.07, 6.45) is 2.67. The summed E-state index contributed by atoms with van der Waals surface area (Å²) in [6.45, 7) is 0.947. The van der Waals surface area contributed by atoms with Crippen LogP contribution in [0.4, 0.5) is 0 Å². The molecule has 17 heavy (non-hydrogen) atoms. The third-order valence-corrected chi connectivity index (χ3v) is 2.91. The molecule has 1 rings (SSSR count). The van der Waals surface area contributed by atoms with E-state index in [0.29, 0.717) is 5.56 Å². The summed E-state index contributed by atoms with van der Waals surface area (Å²) >= 11 is 4.18. The molecule has 1 aromatic carbocycles. The first-order chi connectivity index (χ1) is 8.15. The van der Waals surface area contributed by atoms with Gasteiger partial charge in [0, 0.05) is 30.7 Å². The number of aliphatic hydroxyl groups is 1. The van der Waals surface area contributed by atoms with Gasteiger partial charge in [-0.15, -0.1) is 12.6 Å². The quantitative estimate of drug-likeness (QED) is 0.603. The fraction of sp³-hybridized carbons (Fsp3) is 0.462. The molecule has 0 radical (unpaired) electrons. The number of amides is 1. The second kappa shape index (κ2) is 7.35. The molecule has 0 aliphatic heterocycles. The van der Waals surface area contributed by atoms with Gasteiger partial charge in [-0.2, -0.15) is 0 Å². The number of hydrogen-bond donors (Lipinski definition) is 2. The lowest BCUT2D eigenvalue weighted by molar-refractivity contribution is 0.0792. The van der Waals surface area contributed by atoms with E-state index in [4.69, 9.17) is 5.11 Å². The molecule has 0 aromatic heterocycles. The van der Waals surface area contributed by atoms with Crippen LogP contribution in [0.15, 0.2) is 29.2 Å². The Hall–Kier alpha value is -1.00. The van der Waals surface area contributed by atoms with E-state index < -0.39 is 0 Å². The van der Waals surface area contributed by atoms with Crippen LogP contribution in [0.1, 0.15) is 29.6 Å². The topological polar surface area (TPSA) is 40.5 Å². The van der Waals surface area contributed by atoms with Gasteiger partial charge in [-0.25, -0.2) is 0 Å². The fourth-order valence-corrected chi connectivity index (χ4v) is 1.71. The lowest BCUT2D eigenvalue weighted by Gasteiger charge is -2.17. The van der Waals surface area contributed by atoms with Crippen LogP contribution in [-0.4, -0.2) is 36.1 Å². The predicted molar refractivity (Wildman–Crippen MR) is 71.6 cm³/mol. The molecule has 3 nitrogen and oxygen atoms in total. The maximum Gasteiger partial charge on any atom is 0.253 e. The van der Waals surface area contributed by atoms with E-state index in [0.717, 1.165) is 30.7 Å². The summed E-state index contributed by atoms with van der Waals surface area (Å²) in [7, 11) is 1.80. The van der Waals surface area contributed by atoms with Crippen LogP contribution in [0.5, 0.6) is 0 Å². The number of benzene rings is 1. The van der Waals surface area contributed by atoms with Gasteiger partial charge < -0.3 is 10.0 Å². The van der Waals surface area contributed by atoms with Gasteiger partial charge in [-0.1, -0.05) is 0 Å². The number of hydrogen-bond acceptors (Lipinski definition) is 3. The summed E-state index contributed by atoms with van der Waals surface area (Å²) in [5.74, 6) is 0.0299. The Kier molecular flexibility index (Phi) is 6.08. The summed E-state index contributed by atoms with van der Waals surface area (Å²) in [5, 5.41) is 8.66. The van der Waals surface area contributed by atoms with E-state index >= 15 is 0 Å². The fourth-order valence-electron chi connectivity index (χ4n) is 1.56. The zero-order valence-electron chi connectivity index (χ0n) is 10.1. The molecule has 1 N–H and O–H groups in total. The van der Waals surface area contributed by atoms with Crippen LogP contribution in [-0.2, 0) is 0 Å². The predicted octanol–water partition coefficient (Wildman–Crippen LogP) is 2.21. The van der Waals surface area contributed by atoms with Crippen molar-refractivity contribution in [3.8, 4) is 0 Å². The van der Waals surface area contributed by atoms with Crippen LogP contribution in [0.2, 0.25) is 0 Å². The lowest BCUT2D eigenvalue weighted by Crippen LogP contribution is -2.27. The number of aliphatic hydroxyl groups excluding tert-OH is 1. The zero-order valence-corrected chi connectivity index (χ0v) is 11.0. The smallest absolute Gasteiger partial charge is 0.253 e. The molecule has 0 aliphatic rings. The Morgan fingerprint density at radius 3 is 2.47 bits per heavy atom. The standard InChI is InChI=1S/C13H19NO2S/c1-14(9-3-2-4-10-15)13(16)11-5-7-12(17)8-6-11/h5-8,15,17H,2-4,9-10H2,1H3. The van der Waals surface area contributed by atoms with Crippen molar-refractivity contribution in [3.05, 3.63) is 29.8 Å². The van der Waals surface area contributed by atoms with Crippen LogP contribution in [0.3, 0.4) is 0 Å². The molecule has 0 unspecified atom stereocenters. The lowest BCUT2D eigenvalue weighted by atomic mass is 10.2. The van der Waals surface area contributed by atoms with E-state index in [1.165, 1.54) is 0 Å². The van der Waals surface area contributed by atoms with Crippen molar-refractivity contribution in [2.24, 2.45) is 0 Å². The Morgan fingerprint density at radius 2 is 1.88 bits per heavy atom. The summed E-state index contributed by atoms with van der Waals surface area (Å²) in [5.41, 5.74) is 0.687. The van der Waals surface area contributed by atoms with E-state index in [1.807, 2.05) is 12.1 Å². The van der Waals surface area contributed by atoms with E-state index in [1.54, 1.807) is 24.1 Å². The van der Waals surface area contributed by atoms with Gasteiger partial charge >= 0.3 is 0 Å². The first-order valence-electron chi connectivity index (χ1n) is 5.80. The summed E-state index contributed by atoms with van der Waals surface area (Å²) in [4.78, 5) is 14.5. The highest BCUT2D eigenvalue weighted by Crippen LogP contribution is 2.10. The SMILES string of the molecule is CN(CCCCCO)C(=O)c1ccc(S)cc1. The molecular weight excluding hydrogens is 234 g/mol. The monoisotopic (exact) mass is 253 g/mol. The van der Waals surface area contributed by atoms with Crippen molar-refractivity contribution in [3.63, 3.8) is 0 Å². The van der Waals surface area contributed by atoms with Gasteiger partial charge in [0.25, 0.3) is 5.91 Å². The maximum atomic E-state index is 12.0. The van der Waals surface area contributed by atoms with Crippen molar-refractivity contribution in [1.29, 1.82) is 0 Å². The number of nitrogens with zero attached hydrogens (tertiary/aromatic N) is 1. The van der Waals surface area contributed by atoms with Gasteiger partial charge in [-0.05, 0) is 43.5 Å². The second-order valence-electron chi connectivity index (χ2n) is 4.06. The molecule has 0 saturated carbocycles. The zero-order chi connectivity index (χ0) is 12.7. The minimum Gasteiger partial charge on any atom is -0.396 e. The van der Waals surface area contributed by atoms with Crippen LogP contribution < -0.4 is 0 Å². The number of rotatable bonds is 6. The average molecular weight is 253 g/mol. The van der Waals surface area contributed by atoms with Crippen LogP contribution in [0.25, 0.3) is 0 Å². The highest BCUT2D eigenvalue weighted by Gasteiger charge is 2.10. The molecule has 0 atom stereocenters. The molecule has 0 saturated heterocycles. The molecule has 0 fully saturated rings. The molecular formula is C13H19NO2S. The Balaban J connectivity index is 2.43. The van der Waals surface area contributed by atoms with Crippen molar-refractivity contribution in [2.75, 3.05) is 20.2 Å². The van der Waals surface area contributed by atoms with E-state index in [9.17, 15) is 4.79 Å². The third-order valence-electron chi connectivity index (χ3n) is 2.61. The Labute approximate surface area is 108 Å². The van der Waals surface area contributed by atoms with Crippen LogP contribution in [0, 0.1) is 0 Å². The number of carbonyl (C=O) groups excluding carboxylic acids is 1.